The molecule has 0 atom stereocenters. The maximum Gasteiger partial charge on any atom is 0.387 e. The van der Waals surface area contributed by atoms with Gasteiger partial charge in [0.25, 0.3) is 0 Å². The number of rotatable bonds is 8. The van der Waals surface area contributed by atoms with Gasteiger partial charge in [-0.3, -0.25) is 0 Å². The van der Waals surface area contributed by atoms with Gasteiger partial charge in [-0.05, 0) is 30.5 Å². The SMILES string of the molecule is COc1cc(CNC(=O)NCCc2nnc3n2CCCCC3)ccc1OC(F)F. The van der Waals surface area contributed by atoms with Crippen molar-refractivity contribution < 1.29 is 23.0 Å². The number of methoxy groups -OCH3 is 1. The molecule has 2 heterocycles. The van der Waals surface area contributed by atoms with Gasteiger partial charge in [0.2, 0.25) is 0 Å². The molecule has 2 amide bonds. The molecule has 29 heavy (non-hydrogen) atoms. The van der Waals surface area contributed by atoms with Gasteiger partial charge in [0.05, 0.1) is 7.11 Å². The quantitative estimate of drug-likeness (QED) is 0.700. The number of carbonyl (C=O) groups is 1. The molecule has 0 fully saturated rings. The van der Waals surface area contributed by atoms with Gasteiger partial charge in [-0.25, -0.2) is 4.79 Å². The first-order chi connectivity index (χ1) is 14.1. The number of benzene rings is 1. The van der Waals surface area contributed by atoms with Gasteiger partial charge in [-0.1, -0.05) is 12.5 Å². The van der Waals surface area contributed by atoms with Crippen LogP contribution in [0.5, 0.6) is 11.5 Å². The molecule has 2 aromatic rings. The molecule has 1 aliphatic rings. The summed E-state index contributed by atoms with van der Waals surface area (Å²) >= 11 is 0. The number of nitrogens with zero attached hydrogens (tertiary/aromatic N) is 3. The Morgan fingerprint density at radius 3 is 2.86 bits per heavy atom. The normalized spacial score (nSPS) is 13.5. The lowest BCUT2D eigenvalue weighted by molar-refractivity contribution is -0.0512. The van der Waals surface area contributed by atoms with Crippen LogP contribution in [-0.2, 0) is 25.9 Å². The fourth-order valence-corrected chi connectivity index (χ4v) is 3.28. The molecule has 0 unspecified atom stereocenters. The summed E-state index contributed by atoms with van der Waals surface area (Å²) < 4.78 is 36.3. The van der Waals surface area contributed by atoms with Crippen molar-refractivity contribution >= 4 is 6.03 Å². The van der Waals surface area contributed by atoms with Crippen molar-refractivity contribution in [3.05, 3.63) is 35.4 Å². The second kappa shape index (κ2) is 10.0. The zero-order valence-electron chi connectivity index (χ0n) is 16.3. The molecule has 1 aromatic heterocycles. The minimum Gasteiger partial charge on any atom is -0.493 e. The molecule has 0 saturated carbocycles. The number of aromatic nitrogens is 3. The third kappa shape index (κ3) is 5.78. The molecule has 10 heteroatoms. The van der Waals surface area contributed by atoms with Gasteiger partial charge in [-0.2, -0.15) is 8.78 Å². The number of halogens is 2. The van der Waals surface area contributed by atoms with E-state index in [4.69, 9.17) is 4.74 Å². The number of alkyl halides is 2. The van der Waals surface area contributed by atoms with Crippen molar-refractivity contribution in [2.75, 3.05) is 13.7 Å². The van der Waals surface area contributed by atoms with Gasteiger partial charge in [-0.15, -0.1) is 10.2 Å². The fourth-order valence-electron chi connectivity index (χ4n) is 3.28. The van der Waals surface area contributed by atoms with E-state index in [0.717, 1.165) is 37.5 Å². The Balaban J connectivity index is 1.45. The number of hydrogen-bond donors (Lipinski definition) is 2. The second-order valence-electron chi connectivity index (χ2n) is 6.72. The van der Waals surface area contributed by atoms with E-state index in [9.17, 15) is 13.6 Å². The average molecular weight is 409 g/mol. The molecule has 0 spiro atoms. The first-order valence-electron chi connectivity index (χ1n) is 9.61. The minimum absolute atomic E-state index is 0.0526. The first kappa shape index (κ1) is 20.8. The Morgan fingerprint density at radius 1 is 1.21 bits per heavy atom. The molecular weight excluding hydrogens is 384 g/mol. The summed E-state index contributed by atoms with van der Waals surface area (Å²) in [7, 11) is 1.36. The summed E-state index contributed by atoms with van der Waals surface area (Å²) in [6.07, 6.45) is 5.01. The van der Waals surface area contributed by atoms with Crippen molar-refractivity contribution in [2.24, 2.45) is 0 Å². The van der Waals surface area contributed by atoms with E-state index in [-0.39, 0.29) is 24.1 Å². The van der Waals surface area contributed by atoms with Crippen LogP contribution in [0.3, 0.4) is 0 Å². The predicted molar refractivity (Wildman–Crippen MR) is 101 cm³/mol. The van der Waals surface area contributed by atoms with E-state index in [1.807, 2.05) is 0 Å². The van der Waals surface area contributed by atoms with Gasteiger partial charge in [0.1, 0.15) is 11.6 Å². The lowest BCUT2D eigenvalue weighted by Gasteiger charge is -2.12. The third-order valence-electron chi connectivity index (χ3n) is 4.72. The maximum atomic E-state index is 12.4. The third-order valence-corrected chi connectivity index (χ3v) is 4.72. The van der Waals surface area contributed by atoms with E-state index in [1.165, 1.54) is 19.6 Å². The lowest BCUT2D eigenvalue weighted by atomic mass is 10.2. The highest BCUT2D eigenvalue weighted by Crippen LogP contribution is 2.29. The van der Waals surface area contributed by atoms with Crippen LogP contribution in [-0.4, -0.2) is 41.1 Å². The van der Waals surface area contributed by atoms with Gasteiger partial charge in [0.15, 0.2) is 11.5 Å². The minimum atomic E-state index is -2.93. The zero-order valence-corrected chi connectivity index (χ0v) is 16.3. The van der Waals surface area contributed by atoms with Crippen molar-refractivity contribution in [1.29, 1.82) is 0 Å². The Hall–Kier alpha value is -2.91. The van der Waals surface area contributed by atoms with Crippen LogP contribution in [0.25, 0.3) is 0 Å². The van der Waals surface area contributed by atoms with E-state index in [2.05, 4.69) is 30.1 Å². The molecule has 1 aliphatic heterocycles. The number of nitrogens with one attached hydrogen (secondary N) is 2. The highest BCUT2D eigenvalue weighted by Gasteiger charge is 2.15. The molecule has 8 nitrogen and oxygen atoms in total. The monoisotopic (exact) mass is 409 g/mol. The fraction of sp³-hybridized carbons (Fsp3) is 0.526. The van der Waals surface area contributed by atoms with Gasteiger partial charge >= 0.3 is 12.6 Å². The molecule has 0 radical (unpaired) electrons. The largest absolute Gasteiger partial charge is 0.493 e. The van der Waals surface area contributed by atoms with E-state index in [0.29, 0.717) is 18.5 Å². The molecule has 0 saturated heterocycles. The van der Waals surface area contributed by atoms with Crippen LogP contribution >= 0.6 is 0 Å². The van der Waals surface area contributed by atoms with Gasteiger partial charge < -0.3 is 24.7 Å². The smallest absolute Gasteiger partial charge is 0.387 e. The summed E-state index contributed by atoms with van der Waals surface area (Å²) in [5, 5.41) is 14.0. The van der Waals surface area contributed by atoms with Crippen LogP contribution < -0.4 is 20.1 Å². The maximum absolute atomic E-state index is 12.4. The summed E-state index contributed by atoms with van der Waals surface area (Å²) in [6, 6.07) is 4.19. The van der Waals surface area contributed by atoms with Crippen LogP contribution in [0, 0.1) is 0 Å². The molecule has 158 valence electrons. The average Bonchev–Trinajstić information content (AvgIpc) is 2.93. The highest BCUT2D eigenvalue weighted by atomic mass is 19.3. The Morgan fingerprint density at radius 2 is 2.07 bits per heavy atom. The van der Waals surface area contributed by atoms with E-state index < -0.39 is 6.61 Å². The standard InChI is InChI=1S/C19H25F2N5O3/c1-28-15-11-13(6-7-14(15)29-18(20)21)12-23-19(27)22-9-8-17-25-24-16-5-3-2-4-10-26(16)17/h6-7,11,18H,2-5,8-10,12H2,1H3,(H2,22,23,27). The zero-order chi connectivity index (χ0) is 20.6. The Bertz CT molecular complexity index is 828. The van der Waals surface area contributed by atoms with Gasteiger partial charge in [0, 0.05) is 32.5 Å². The molecular formula is C19H25F2N5O3. The molecule has 1 aromatic carbocycles. The number of carbonyl (C=O) groups excluding carboxylic acids is 1. The van der Waals surface area contributed by atoms with Crippen LogP contribution in [0.1, 0.15) is 36.5 Å². The van der Waals surface area contributed by atoms with Crippen LogP contribution in [0.4, 0.5) is 13.6 Å². The molecule has 0 bridgehead atoms. The second-order valence-corrected chi connectivity index (χ2v) is 6.72. The number of ether oxygens (including phenoxy) is 2. The van der Waals surface area contributed by atoms with Crippen molar-refractivity contribution in [1.82, 2.24) is 25.4 Å². The van der Waals surface area contributed by atoms with E-state index >= 15 is 0 Å². The summed E-state index contributed by atoms with van der Waals surface area (Å²) in [5.74, 6) is 2.04. The van der Waals surface area contributed by atoms with Crippen molar-refractivity contribution in [3.8, 4) is 11.5 Å². The summed E-state index contributed by atoms with van der Waals surface area (Å²) in [5.41, 5.74) is 0.696. The summed E-state index contributed by atoms with van der Waals surface area (Å²) in [6.45, 7) is -1.35. The first-order valence-corrected chi connectivity index (χ1v) is 9.61. The molecule has 0 aliphatic carbocycles. The lowest BCUT2D eigenvalue weighted by Crippen LogP contribution is -2.36. The number of aryl methyl sites for hydroxylation is 1. The van der Waals surface area contributed by atoms with Crippen molar-refractivity contribution in [2.45, 2.75) is 51.8 Å². The van der Waals surface area contributed by atoms with E-state index in [1.54, 1.807) is 12.1 Å². The highest BCUT2D eigenvalue weighted by molar-refractivity contribution is 5.73. The topological polar surface area (TPSA) is 90.3 Å². The Labute approximate surface area is 167 Å². The number of hydrogen-bond acceptors (Lipinski definition) is 5. The summed E-state index contributed by atoms with van der Waals surface area (Å²) in [4.78, 5) is 12.0. The Kier molecular flexibility index (Phi) is 7.20. The number of urea groups is 1. The molecule has 2 N–H and O–H groups in total. The van der Waals surface area contributed by atoms with Crippen LogP contribution in [0.2, 0.25) is 0 Å². The van der Waals surface area contributed by atoms with Crippen LogP contribution in [0.15, 0.2) is 18.2 Å². The molecule has 3 rings (SSSR count). The number of amides is 2. The number of fused-ring (bicyclic) bond motifs is 1. The van der Waals surface area contributed by atoms with Crippen molar-refractivity contribution in [3.63, 3.8) is 0 Å². The predicted octanol–water partition coefficient (Wildman–Crippen LogP) is 2.66.